The quantitative estimate of drug-likeness (QED) is 0.622. The molecule has 4 aromatic rings. The molecule has 1 aliphatic carbocycles. The summed E-state index contributed by atoms with van der Waals surface area (Å²) in [4.78, 5) is 9.00. The van der Waals surface area contributed by atoms with E-state index in [9.17, 15) is 0 Å². The SMILES string of the molecule is Cc1cccc(-c2n[nH]c(C3CC3)c2-c2ccc3nccn3c2)n1. The van der Waals surface area contributed by atoms with Gasteiger partial charge in [0.15, 0.2) is 0 Å². The molecule has 0 bridgehead atoms. The number of rotatable bonds is 3. The number of nitrogens with one attached hydrogen (secondary N) is 1. The first-order chi connectivity index (χ1) is 11.8. The summed E-state index contributed by atoms with van der Waals surface area (Å²) in [5, 5.41) is 7.90. The van der Waals surface area contributed by atoms with Crippen LogP contribution in [0.5, 0.6) is 0 Å². The zero-order valence-electron chi connectivity index (χ0n) is 13.4. The number of aryl methyl sites for hydroxylation is 1. The van der Waals surface area contributed by atoms with Gasteiger partial charge in [-0.3, -0.25) is 10.1 Å². The summed E-state index contributed by atoms with van der Waals surface area (Å²) in [6.07, 6.45) is 8.37. The van der Waals surface area contributed by atoms with Crippen molar-refractivity contribution in [3.8, 4) is 22.5 Å². The smallest absolute Gasteiger partial charge is 0.136 e. The van der Waals surface area contributed by atoms with Gasteiger partial charge >= 0.3 is 0 Å². The van der Waals surface area contributed by atoms with Crippen molar-refractivity contribution in [1.29, 1.82) is 0 Å². The van der Waals surface area contributed by atoms with Crippen LogP contribution in [-0.2, 0) is 0 Å². The van der Waals surface area contributed by atoms with E-state index in [0.717, 1.165) is 28.3 Å². The molecule has 1 aliphatic rings. The molecule has 4 heterocycles. The zero-order valence-corrected chi connectivity index (χ0v) is 13.4. The van der Waals surface area contributed by atoms with Crippen molar-refractivity contribution in [2.45, 2.75) is 25.7 Å². The Bertz CT molecular complexity index is 1040. The largest absolute Gasteiger partial charge is 0.306 e. The Morgan fingerprint density at radius 3 is 2.92 bits per heavy atom. The Morgan fingerprint density at radius 2 is 2.08 bits per heavy atom. The fourth-order valence-electron chi connectivity index (χ4n) is 3.24. The number of imidazole rings is 1. The topological polar surface area (TPSA) is 58.9 Å². The molecule has 0 aromatic carbocycles. The molecule has 5 rings (SSSR count). The lowest BCUT2D eigenvalue weighted by Crippen LogP contribution is -1.92. The first-order valence-corrected chi connectivity index (χ1v) is 8.25. The van der Waals surface area contributed by atoms with Crippen molar-refractivity contribution in [3.63, 3.8) is 0 Å². The van der Waals surface area contributed by atoms with Gasteiger partial charge in [-0.1, -0.05) is 6.07 Å². The summed E-state index contributed by atoms with van der Waals surface area (Å²) in [5.41, 5.74) is 7.34. The Hall–Kier alpha value is -2.95. The van der Waals surface area contributed by atoms with E-state index in [4.69, 9.17) is 0 Å². The van der Waals surface area contributed by atoms with E-state index in [-0.39, 0.29) is 0 Å². The number of fused-ring (bicyclic) bond motifs is 1. The van der Waals surface area contributed by atoms with Gasteiger partial charge in [0.05, 0.1) is 5.69 Å². The normalized spacial score (nSPS) is 14.4. The van der Waals surface area contributed by atoms with Crippen molar-refractivity contribution in [1.82, 2.24) is 24.6 Å². The van der Waals surface area contributed by atoms with Gasteiger partial charge in [-0.05, 0) is 44.0 Å². The van der Waals surface area contributed by atoms with Crippen molar-refractivity contribution in [2.75, 3.05) is 0 Å². The molecule has 0 amide bonds. The second kappa shape index (κ2) is 5.03. The molecule has 0 spiro atoms. The molecule has 0 unspecified atom stereocenters. The molecule has 0 atom stereocenters. The summed E-state index contributed by atoms with van der Waals surface area (Å²) in [6.45, 7) is 2.01. The first-order valence-electron chi connectivity index (χ1n) is 8.25. The van der Waals surface area contributed by atoms with E-state index >= 15 is 0 Å². The maximum Gasteiger partial charge on any atom is 0.136 e. The monoisotopic (exact) mass is 315 g/mol. The van der Waals surface area contributed by atoms with Crippen LogP contribution in [0.4, 0.5) is 0 Å². The van der Waals surface area contributed by atoms with Crippen LogP contribution in [0.1, 0.15) is 30.1 Å². The summed E-state index contributed by atoms with van der Waals surface area (Å²) < 4.78 is 2.05. The van der Waals surface area contributed by atoms with Gasteiger partial charge in [-0.15, -0.1) is 0 Å². The Morgan fingerprint density at radius 1 is 1.17 bits per heavy atom. The minimum atomic E-state index is 0.588. The second-order valence-electron chi connectivity index (χ2n) is 6.41. The maximum atomic E-state index is 4.67. The average molecular weight is 315 g/mol. The standard InChI is InChI=1S/C19H17N5/c1-12-3-2-4-15(21-12)19-17(18(22-23-19)13-5-6-13)14-7-8-16-20-9-10-24(16)11-14/h2-4,7-11,13H,5-6H2,1H3,(H,22,23). The highest BCUT2D eigenvalue weighted by Crippen LogP contribution is 2.46. The predicted octanol–water partition coefficient (Wildman–Crippen LogP) is 3.97. The first kappa shape index (κ1) is 13.5. The lowest BCUT2D eigenvalue weighted by Gasteiger charge is -2.07. The fourth-order valence-corrected chi connectivity index (χ4v) is 3.24. The number of hydrogen-bond acceptors (Lipinski definition) is 3. The number of aromatic amines is 1. The van der Waals surface area contributed by atoms with E-state index in [1.165, 1.54) is 24.1 Å². The van der Waals surface area contributed by atoms with Gasteiger partial charge in [0.2, 0.25) is 0 Å². The summed E-state index contributed by atoms with van der Waals surface area (Å²) in [5.74, 6) is 0.588. The molecule has 24 heavy (non-hydrogen) atoms. The highest BCUT2D eigenvalue weighted by molar-refractivity contribution is 5.82. The van der Waals surface area contributed by atoms with Crippen LogP contribution in [0.2, 0.25) is 0 Å². The molecule has 0 saturated heterocycles. The van der Waals surface area contributed by atoms with Crippen molar-refractivity contribution in [2.24, 2.45) is 0 Å². The molecule has 1 fully saturated rings. The number of nitrogens with zero attached hydrogens (tertiary/aromatic N) is 4. The lowest BCUT2D eigenvalue weighted by atomic mass is 10.0. The molecule has 118 valence electrons. The van der Waals surface area contributed by atoms with Gasteiger partial charge in [0.25, 0.3) is 0 Å². The minimum Gasteiger partial charge on any atom is -0.306 e. The molecular weight excluding hydrogens is 298 g/mol. The van der Waals surface area contributed by atoms with Crippen molar-refractivity contribution in [3.05, 3.63) is 60.3 Å². The molecule has 1 N–H and O–H groups in total. The van der Waals surface area contributed by atoms with Crippen molar-refractivity contribution < 1.29 is 0 Å². The number of H-pyrrole nitrogens is 1. The van der Waals surface area contributed by atoms with Gasteiger partial charge in [-0.25, -0.2) is 4.98 Å². The Labute approximate surface area is 139 Å². The molecule has 1 saturated carbocycles. The molecule has 5 heteroatoms. The number of hydrogen-bond donors (Lipinski definition) is 1. The van der Waals surface area contributed by atoms with E-state index in [1.807, 2.05) is 48.0 Å². The predicted molar refractivity (Wildman–Crippen MR) is 92.7 cm³/mol. The van der Waals surface area contributed by atoms with Gasteiger partial charge in [0, 0.05) is 47.0 Å². The van der Waals surface area contributed by atoms with E-state index < -0.39 is 0 Å². The van der Waals surface area contributed by atoms with Gasteiger partial charge in [0.1, 0.15) is 11.3 Å². The Kier molecular flexibility index (Phi) is 2.82. The van der Waals surface area contributed by atoms with Crippen LogP contribution in [0.15, 0.2) is 48.9 Å². The average Bonchev–Trinajstić information content (AvgIpc) is 3.17. The van der Waals surface area contributed by atoms with Gasteiger partial charge in [-0.2, -0.15) is 5.10 Å². The molecule has 4 aromatic heterocycles. The van der Waals surface area contributed by atoms with Gasteiger partial charge < -0.3 is 4.40 Å². The fraction of sp³-hybridized carbons (Fsp3) is 0.211. The van der Waals surface area contributed by atoms with Crippen LogP contribution in [0.3, 0.4) is 0 Å². The minimum absolute atomic E-state index is 0.588. The molecular formula is C19H17N5. The third-order valence-electron chi connectivity index (χ3n) is 4.59. The third kappa shape index (κ3) is 2.12. The van der Waals surface area contributed by atoms with Crippen LogP contribution in [-0.4, -0.2) is 24.6 Å². The van der Waals surface area contributed by atoms with Crippen LogP contribution in [0, 0.1) is 6.92 Å². The molecule has 0 radical (unpaired) electrons. The molecule has 5 nitrogen and oxygen atoms in total. The van der Waals surface area contributed by atoms with Crippen LogP contribution in [0.25, 0.3) is 28.2 Å². The van der Waals surface area contributed by atoms with Crippen LogP contribution >= 0.6 is 0 Å². The summed E-state index contributed by atoms with van der Waals surface area (Å²) in [7, 11) is 0. The number of pyridine rings is 2. The van der Waals surface area contributed by atoms with E-state index in [0.29, 0.717) is 5.92 Å². The summed E-state index contributed by atoms with van der Waals surface area (Å²) >= 11 is 0. The van der Waals surface area contributed by atoms with E-state index in [1.54, 1.807) is 0 Å². The highest BCUT2D eigenvalue weighted by Gasteiger charge is 2.31. The Balaban J connectivity index is 1.74. The van der Waals surface area contributed by atoms with E-state index in [2.05, 4.69) is 32.4 Å². The highest BCUT2D eigenvalue weighted by atomic mass is 15.1. The van der Waals surface area contributed by atoms with Crippen LogP contribution < -0.4 is 0 Å². The number of aromatic nitrogens is 5. The third-order valence-corrected chi connectivity index (χ3v) is 4.59. The summed E-state index contributed by atoms with van der Waals surface area (Å²) in [6, 6.07) is 10.2. The lowest BCUT2D eigenvalue weighted by molar-refractivity contribution is 0.966. The second-order valence-corrected chi connectivity index (χ2v) is 6.41. The molecule has 0 aliphatic heterocycles. The van der Waals surface area contributed by atoms with Crippen molar-refractivity contribution >= 4 is 5.65 Å². The zero-order chi connectivity index (χ0) is 16.1. The maximum absolute atomic E-state index is 4.67.